The molecule has 1 aliphatic rings. The first kappa shape index (κ1) is 14.8. The van der Waals surface area contributed by atoms with Gasteiger partial charge in [0.2, 0.25) is 16.9 Å². The minimum atomic E-state index is -0.457. The van der Waals surface area contributed by atoms with Crippen LogP contribution in [-0.2, 0) is 5.75 Å². The molecule has 1 aliphatic carbocycles. The number of nitro benzene ring substituents is 1. The van der Waals surface area contributed by atoms with Gasteiger partial charge < -0.3 is 4.52 Å². The predicted molar refractivity (Wildman–Crippen MR) is 84.3 cm³/mol. The zero-order valence-corrected chi connectivity index (χ0v) is 13.2. The molecule has 4 rings (SSSR count). The van der Waals surface area contributed by atoms with E-state index in [1.807, 2.05) is 0 Å². The molecule has 2 aromatic heterocycles. The molecule has 0 amide bonds. The highest BCUT2D eigenvalue weighted by Crippen LogP contribution is 2.38. The number of rotatable bonds is 6. The SMILES string of the molecule is O=[N+]([O-])c1cccc(-c2noc(CSc3n[nH]c(C4CC4)n3)n2)c1. The molecule has 0 saturated heterocycles. The summed E-state index contributed by atoms with van der Waals surface area (Å²) in [6.07, 6.45) is 2.32. The van der Waals surface area contributed by atoms with Crippen molar-refractivity contribution in [1.29, 1.82) is 0 Å². The number of hydrogen-bond acceptors (Lipinski definition) is 8. The molecule has 1 N–H and O–H groups in total. The Bertz CT molecular complexity index is 888. The maximum absolute atomic E-state index is 10.8. The molecule has 0 aliphatic heterocycles. The Kier molecular flexibility index (Phi) is 3.73. The molecular formula is C14H12N6O3S. The van der Waals surface area contributed by atoms with E-state index in [0.29, 0.717) is 34.1 Å². The van der Waals surface area contributed by atoms with Crippen molar-refractivity contribution in [2.24, 2.45) is 0 Å². The standard InChI is InChI=1S/C14H12N6O3S/c21-20(22)10-3-1-2-9(6-10)13-15-11(23-19-13)7-24-14-16-12(17-18-14)8-4-5-8/h1-3,6,8H,4-5,7H2,(H,16,17,18). The molecule has 24 heavy (non-hydrogen) atoms. The van der Waals surface area contributed by atoms with Gasteiger partial charge in [-0.1, -0.05) is 29.1 Å². The van der Waals surface area contributed by atoms with E-state index in [1.54, 1.807) is 12.1 Å². The molecule has 3 aromatic rings. The van der Waals surface area contributed by atoms with Crippen LogP contribution < -0.4 is 0 Å². The molecule has 1 fully saturated rings. The molecule has 1 saturated carbocycles. The lowest BCUT2D eigenvalue weighted by atomic mass is 10.2. The molecule has 122 valence electrons. The van der Waals surface area contributed by atoms with Crippen LogP contribution in [0.1, 0.15) is 30.5 Å². The largest absolute Gasteiger partial charge is 0.338 e. The Morgan fingerprint density at radius 3 is 3.04 bits per heavy atom. The van der Waals surface area contributed by atoms with Crippen LogP contribution in [0.3, 0.4) is 0 Å². The van der Waals surface area contributed by atoms with E-state index in [1.165, 1.54) is 23.9 Å². The third-order valence-electron chi connectivity index (χ3n) is 3.55. The quantitative estimate of drug-likeness (QED) is 0.411. The fraction of sp³-hybridized carbons (Fsp3) is 0.286. The highest BCUT2D eigenvalue weighted by atomic mass is 32.2. The van der Waals surface area contributed by atoms with Crippen molar-refractivity contribution < 1.29 is 9.45 Å². The van der Waals surface area contributed by atoms with E-state index in [9.17, 15) is 10.1 Å². The van der Waals surface area contributed by atoms with Gasteiger partial charge in [-0.2, -0.15) is 4.98 Å². The summed E-state index contributed by atoms with van der Waals surface area (Å²) in [7, 11) is 0. The van der Waals surface area contributed by atoms with Gasteiger partial charge >= 0.3 is 0 Å². The van der Waals surface area contributed by atoms with Crippen molar-refractivity contribution in [2.45, 2.75) is 29.7 Å². The third-order valence-corrected chi connectivity index (χ3v) is 4.39. The lowest BCUT2D eigenvalue weighted by molar-refractivity contribution is -0.384. The number of aromatic nitrogens is 5. The van der Waals surface area contributed by atoms with E-state index < -0.39 is 4.92 Å². The van der Waals surface area contributed by atoms with Crippen molar-refractivity contribution in [1.82, 2.24) is 25.3 Å². The molecule has 0 radical (unpaired) electrons. The van der Waals surface area contributed by atoms with Crippen molar-refractivity contribution in [2.75, 3.05) is 0 Å². The van der Waals surface area contributed by atoms with Crippen LogP contribution in [0.2, 0.25) is 0 Å². The van der Waals surface area contributed by atoms with Crippen LogP contribution in [0.5, 0.6) is 0 Å². The Balaban J connectivity index is 1.44. The van der Waals surface area contributed by atoms with E-state index in [2.05, 4.69) is 25.3 Å². The van der Waals surface area contributed by atoms with Crippen molar-refractivity contribution >= 4 is 17.4 Å². The second kappa shape index (κ2) is 6.04. The number of nitrogens with one attached hydrogen (secondary N) is 1. The van der Waals surface area contributed by atoms with Crippen LogP contribution in [0, 0.1) is 10.1 Å². The van der Waals surface area contributed by atoms with Gasteiger partial charge in [0.25, 0.3) is 5.69 Å². The average molecular weight is 344 g/mol. The average Bonchev–Trinajstić information content (AvgIpc) is 3.15. The van der Waals surface area contributed by atoms with Crippen molar-refractivity contribution in [3.05, 3.63) is 46.1 Å². The Labute approximate surface area is 140 Å². The van der Waals surface area contributed by atoms with Crippen LogP contribution in [0.15, 0.2) is 33.9 Å². The van der Waals surface area contributed by atoms with Crippen LogP contribution in [0.25, 0.3) is 11.4 Å². The van der Waals surface area contributed by atoms with E-state index >= 15 is 0 Å². The van der Waals surface area contributed by atoms with Gasteiger partial charge in [0.1, 0.15) is 5.82 Å². The van der Waals surface area contributed by atoms with Crippen LogP contribution >= 0.6 is 11.8 Å². The molecule has 10 heteroatoms. The minimum absolute atomic E-state index is 0.0125. The molecule has 0 atom stereocenters. The summed E-state index contributed by atoms with van der Waals surface area (Å²) < 4.78 is 5.19. The van der Waals surface area contributed by atoms with Crippen molar-refractivity contribution in [3.8, 4) is 11.4 Å². The number of nitro groups is 1. The molecule has 2 heterocycles. The first-order valence-corrected chi connectivity index (χ1v) is 8.30. The second-order valence-corrected chi connectivity index (χ2v) is 6.33. The van der Waals surface area contributed by atoms with Gasteiger partial charge in [-0.15, -0.1) is 5.10 Å². The normalized spacial score (nSPS) is 14.0. The summed E-state index contributed by atoms with van der Waals surface area (Å²) >= 11 is 1.40. The number of aromatic amines is 1. The lowest BCUT2D eigenvalue weighted by Crippen LogP contribution is -1.89. The van der Waals surface area contributed by atoms with Gasteiger partial charge in [-0.25, -0.2) is 4.98 Å². The number of hydrogen-bond donors (Lipinski definition) is 1. The topological polar surface area (TPSA) is 124 Å². The van der Waals surface area contributed by atoms with E-state index in [0.717, 1.165) is 18.7 Å². The molecule has 0 bridgehead atoms. The van der Waals surface area contributed by atoms with Gasteiger partial charge in [0.05, 0.1) is 10.7 Å². The summed E-state index contributed by atoms with van der Waals surface area (Å²) in [5.74, 6) is 2.63. The van der Waals surface area contributed by atoms with E-state index in [-0.39, 0.29) is 5.69 Å². The number of non-ortho nitro benzene ring substituents is 1. The van der Waals surface area contributed by atoms with Gasteiger partial charge in [-0.3, -0.25) is 15.2 Å². The minimum Gasteiger partial charge on any atom is -0.338 e. The van der Waals surface area contributed by atoms with Gasteiger partial charge in [-0.05, 0) is 12.8 Å². The monoisotopic (exact) mass is 344 g/mol. The third kappa shape index (κ3) is 3.13. The molecule has 0 unspecified atom stereocenters. The Morgan fingerprint density at radius 2 is 2.25 bits per heavy atom. The number of thioether (sulfide) groups is 1. The number of benzene rings is 1. The summed E-state index contributed by atoms with van der Waals surface area (Å²) in [5.41, 5.74) is 0.527. The zero-order chi connectivity index (χ0) is 16.5. The highest BCUT2D eigenvalue weighted by molar-refractivity contribution is 7.98. The first-order chi connectivity index (χ1) is 11.7. The maximum Gasteiger partial charge on any atom is 0.270 e. The Hall–Kier alpha value is -2.75. The van der Waals surface area contributed by atoms with Crippen LogP contribution in [-0.4, -0.2) is 30.2 Å². The summed E-state index contributed by atoms with van der Waals surface area (Å²) in [6, 6.07) is 6.12. The van der Waals surface area contributed by atoms with E-state index in [4.69, 9.17) is 4.52 Å². The van der Waals surface area contributed by atoms with Gasteiger partial charge in [0, 0.05) is 23.6 Å². The smallest absolute Gasteiger partial charge is 0.270 e. The first-order valence-electron chi connectivity index (χ1n) is 7.31. The van der Waals surface area contributed by atoms with Crippen molar-refractivity contribution in [3.63, 3.8) is 0 Å². The fourth-order valence-electron chi connectivity index (χ4n) is 2.18. The number of H-pyrrole nitrogens is 1. The predicted octanol–water partition coefficient (Wildman–Crippen LogP) is 2.93. The second-order valence-electron chi connectivity index (χ2n) is 5.39. The maximum atomic E-state index is 10.8. The molecule has 9 nitrogen and oxygen atoms in total. The van der Waals surface area contributed by atoms with Gasteiger partial charge in [0.15, 0.2) is 0 Å². The zero-order valence-electron chi connectivity index (χ0n) is 12.4. The fourth-order valence-corrected chi connectivity index (χ4v) is 2.82. The summed E-state index contributed by atoms with van der Waals surface area (Å²) in [4.78, 5) is 19.0. The highest BCUT2D eigenvalue weighted by Gasteiger charge is 2.27. The summed E-state index contributed by atoms with van der Waals surface area (Å²) in [6.45, 7) is 0. The van der Waals surface area contributed by atoms with Crippen LogP contribution in [0.4, 0.5) is 5.69 Å². The molecule has 1 aromatic carbocycles. The molecule has 0 spiro atoms. The Morgan fingerprint density at radius 1 is 1.38 bits per heavy atom. The number of nitrogens with zero attached hydrogens (tertiary/aromatic N) is 5. The molecular weight excluding hydrogens is 332 g/mol. The lowest BCUT2D eigenvalue weighted by Gasteiger charge is -1.94. The summed E-state index contributed by atoms with van der Waals surface area (Å²) in [5, 5.41) is 22.4.